The van der Waals surface area contributed by atoms with Crippen LogP contribution in [-0.2, 0) is 13.0 Å². The quantitative estimate of drug-likeness (QED) is 0.541. The molecule has 3 heterocycles. The number of ether oxygens (including phenoxy) is 1. The highest BCUT2D eigenvalue weighted by Gasteiger charge is 2.29. The van der Waals surface area contributed by atoms with Crippen LogP contribution in [0.4, 0.5) is 14.7 Å². The van der Waals surface area contributed by atoms with Gasteiger partial charge in [-0.05, 0) is 50.5 Å². The summed E-state index contributed by atoms with van der Waals surface area (Å²) in [6.45, 7) is 4.41. The van der Waals surface area contributed by atoms with Crippen LogP contribution in [0.1, 0.15) is 46.4 Å². The van der Waals surface area contributed by atoms with Crippen LogP contribution in [0.25, 0.3) is 0 Å². The lowest BCUT2D eigenvalue weighted by Crippen LogP contribution is -2.37. The van der Waals surface area contributed by atoms with Gasteiger partial charge in [-0.15, -0.1) is 0 Å². The van der Waals surface area contributed by atoms with E-state index in [-0.39, 0.29) is 24.1 Å². The maximum absolute atomic E-state index is 14.4. The van der Waals surface area contributed by atoms with Crippen LogP contribution in [0, 0.1) is 18.6 Å². The van der Waals surface area contributed by atoms with Crippen LogP contribution in [-0.4, -0.2) is 40.4 Å². The smallest absolute Gasteiger partial charge is 0.254 e. The molecule has 0 radical (unpaired) electrons. The number of carbonyl (C=O) groups is 1. The summed E-state index contributed by atoms with van der Waals surface area (Å²) in [5.74, 6) is -0.941. The molecule has 0 aliphatic carbocycles. The third-order valence-electron chi connectivity index (χ3n) is 6.30. The number of halogens is 2. The molecular weight excluding hydrogens is 438 g/mol. The summed E-state index contributed by atoms with van der Waals surface area (Å²) in [4.78, 5) is 26.5. The van der Waals surface area contributed by atoms with Gasteiger partial charge in [-0.25, -0.2) is 13.8 Å². The zero-order chi connectivity index (χ0) is 23.7. The summed E-state index contributed by atoms with van der Waals surface area (Å²) < 4.78 is 33.7. The summed E-state index contributed by atoms with van der Waals surface area (Å²) in [6, 6.07) is 10.6. The van der Waals surface area contributed by atoms with E-state index in [2.05, 4.69) is 9.88 Å². The average Bonchev–Trinajstić information content (AvgIpc) is 2.85. The van der Waals surface area contributed by atoms with E-state index in [1.165, 1.54) is 12.5 Å². The van der Waals surface area contributed by atoms with Crippen molar-refractivity contribution in [2.24, 2.45) is 0 Å². The molecule has 1 saturated heterocycles. The number of hydrogen-bond donors (Lipinski definition) is 0. The third-order valence-corrected chi connectivity index (χ3v) is 6.30. The number of fused-ring (bicyclic) bond motifs is 1. The molecule has 0 saturated carbocycles. The van der Waals surface area contributed by atoms with Crippen molar-refractivity contribution >= 4 is 11.9 Å². The molecule has 0 atom stereocenters. The highest BCUT2D eigenvalue weighted by molar-refractivity contribution is 5.94. The Morgan fingerprint density at radius 2 is 1.82 bits per heavy atom. The Morgan fingerprint density at radius 1 is 1.00 bits per heavy atom. The van der Waals surface area contributed by atoms with Crippen molar-refractivity contribution in [3.05, 3.63) is 76.5 Å². The molecule has 176 valence electrons. The van der Waals surface area contributed by atoms with E-state index in [4.69, 9.17) is 9.72 Å². The Hall–Kier alpha value is -3.55. The number of aromatic nitrogens is 2. The van der Waals surface area contributed by atoms with Crippen LogP contribution in [0.3, 0.4) is 0 Å². The monoisotopic (exact) mass is 464 g/mol. The van der Waals surface area contributed by atoms with Gasteiger partial charge < -0.3 is 14.5 Å². The largest absolute Gasteiger partial charge is 0.435 e. The summed E-state index contributed by atoms with van der Waals surface area (Å²) in [6.07, 6.45) is 3.82. The van der Waals surface area contributed by atoms with E-state index < -0.39 is 11.6 Å². The average molecular weight is 465 g/mol. The fourth-order valence-corrected chi connectivity index (χ4v) is 4.49. The van der Waals surface area contributed by atoms with Crippen LogP contribution in [0.5, 0.6) is 11.6 Å². The Balaban J connectivity index is 1.50. The molecule has 1 fully saturated rings. The molecule has 0 spiro atoms. The Kier molecular flexibility index (Phi) is 6.13. The molecule has 6 nitrogen and oxygen atoms in total. The van der Waals surface area contributed by atoms with E-state index in [1.54, 1.807) is 11.0 Å². The van der Waals surface area contributed by atoms with Gasteiger partial charge in [0.15, 0.2) is 11.6 Å². The minimum atomic E-state index is -0.810. The van der Waals surface area contributed by atoms with E-state index in [1.807, 2.05) is 25.1 Å². The predicted octanol–water partition coefficient (Wildman–Crippen LogP) is 5.04. The van der Waals surface area contributed by atoms with Crippen LogP contribution in [0.15, 0.2) is 42.5 Å². The zero-order valence-electron chi connectivity index (χ0n) is 19.1. The normalized spacial score (nSPS) is 15.7. The Labute approximate surface area is 197 Å². The molecule has 0 N–H and O–H groups in total. The predicted molar refractivity (Wildman–Crippen MR) is 124 cm³/mol. The molecule has 0 bridgehead atoms. The van der Waals surface area contributed by atoms with Gasteiger partial charge in [0.1, 0.15) is 5.82 Å². The van der Waals surface area contributed by atoms with Gasteiger partial charge in [-0.3, -0.25) is 4.79 Å². The fraction of sp³-hybridized carbons (Fsp3) is 0.346. The number of carbonyl (C=O) groups excluding carboxylic acids is 1. The van der Waals surface area contributed by atoms with Gasteiger partial charge in [-0.2, -0.15) is 4.98 Å². The summed E-state index contributed by atoms with van der Waals surface area (Å²) in [5.41, 5.74) is 3.06. The first-order valence-electron chi connectivity index (χ1n) is 11.6. The lowest BCUT2D eigenvalue weighted by molar-refractivity contribution is 0.0731. The molecule has 0 unspecified atom stereocenters. The molecule has 8 heteroatoms. The first-order valence-corrected chi connectivity index (χ1v) is 11.6. The number of rotatable bonds is 4. The molecule has 3 aromatic rings. The first-order chi connectivity index (χ1) is 16.5. The third kappa shape index (κ3) is 4.58. The van der Waals surface area contributed by atoms with Crippen molar-refractivity contribution in [3.8, 4) is 11.6 Å². The van der Waals surface area contributed by atoms with E-state index in [9.17, 15) is 13.6 Å². The molecule has 1 aromatic heterocycles. The number of aryl methyl sites for hydroxylation is 1. The second-order valence-corrected chi connectivity index (χ2v) is 8.82. The van der Waals surface area contributed by atoms with Crippen molar-refractivity contribution < 1.29 is 18.3 Å². The molecule has 2 aliphatic rings. The summed E-state index contributed by atoms with van der Waals surface area (Å²) in [7, 11) is 0. The second-order valence-electron chi connectivity index (χ2n) is 8.82. The number of hydrogen-bond acceptors (Lipinski definition) is 5. The van der Waals surface area contributed by atoms with Gasteiger partial charge in [0, 0.05) is 37.7 Å². The van der Waals surface area contributed by atoms with E-state index in [0.717, 1.165) is 49.3 Å². The second kappa shape index (κ2) is 9.37. The topological polar surface area (TPSA) is 58.6 Å². The van der Waals surface area contributed by atoms with Gasteiger partial charge in [0.25, 0.3) is 5.91 Å². The van der Waals surface area contributed by atoms with Crippen molar-refractivity contribution in [2.75, 3.05) is 24.5 Å². The van der Waals surface area contributed by atoms with Gasteiger partial charge in [0.05, 0.1) is 17.8 Å². The number of anilines is 1. The molecule has 2 aliphatic heterocycles. The molecule has 5 rings (SSSR count). The molecule has 1 amide bonds. The van der Waals surface area contributed by atoms with Crippen molar-refractivity contribution in [1.82, 2.24) is 14.9 Å². The SMILES string of the molecule is Cc1cccc(C(=O)N2CCc3nc(N4CCCCC4)nc(Oc4ccc(F)cc4F)c3C2)c1. The van der Waals surface area contributed by atoms with Gasteiger partial charge in [0.2, 0.25) is 11.8 Å². The van der Waals surface area contributed by atoms with E-state index >= 15 is 0 Å². The zero-order valence-corrected chi connectivity index (χ0v) is 19.1. The Bertz CT molecular complexity index is 1230. The summed E-state index contributed by atoms with van der Waals surface area (Å²) in [5, 5.41) is 0. The number of piperidine rings is 1. The standard InChI is InChI=1S/C26H26F2N4O2/c1-17-6-5-7-18(14-17)25(33)32-13-10-22-20(16-32)24(34-23-9-8-19(27)15-21(23)28)30-26(29-22)31-11-3-2-4-12-31/h5-9,14-15H,2-4,10-13,16H2,1H3. The van der Waals surface area contributed by atoms with Crippen LogP contribution < -0.4 is 9.64 Å². The lowest BCUT2D eigenvalue weighted by Gasteiger charge is -2.32. The molecular formula is C26H26F2N4O2. The minimum absolute atomic E-state index is 0.0895. The van der Waals surface area contributed by atoms with Gasteiger partial charge >= 0.3 is 0 Å². The highest BCUT2D eigenvalue weighted by Crippen LogP contribution is 2.33. The maximum Gasteiger partial charge on any atom is 0.254 e. The fourth-order valence-electron chi connectivity index (χ4n) is 4.49. The minimum Gasteiger partial charge on any atom is -0.435 e. The number of nitrogens with zero attached hydrogens (tertiary/aromatic N) is 4. The van der Waals surface area contributed by atoms with Gasteiger partial charge in [-0.1, -0.05) is 17.7 Å². The van der Waals surface area contributed by atoms with Crippen molar-refractivity contribution in [2.45, 2.75) is 39.2 Å². The number of benzene rings is 2. The summed E-state index contributed by atoms with van der Waals surface area (Å²) >= 11 is 0. The first kappa shape index (κ1) is 22.3. The van der Waals surface area contributed by atoms with Crippen molar-refractivity contribution in [3.63, 3.8) is 0 Å². The van der Waals surface area contributed by atoms with Crippen molar-refractivity contribution in [1.29, 1.82) is 0 Å². The van der Waals surface area contributed by atoms with Crippen LogP contribution >= 0.6 is 0 Å². The van der Waals surface area contributed by atoms with Crippen LogP contribution in [0.2, 0.25) is 0 Å². The highest BCUT2D eigenvalue weighted by atomic mass is 19.1. The molecule has 2 aromatic carbocycles. The molecule has 34 heavy (non-hydrogen) atoms. The lowest BCUT2D eigenvalue weighted by atomic mass is 10.0. The maximum atomic E-state index is 14.4. The number of amides is 1. The van der Waals surface area contributed by atoms with E-state index in [0.29, 0.717) is 30.0 Å². The Morgan fingerprint density at radius 3 is 2.59 bits per heavy atom.